The number of amides is 1. The van der Waals surface area contributed by atoms with E-state index in [0.717, 1.165) is 0 Å². The third kappa shape index (κ3) is 4.80. The number of benzene rings is 2. The van der Waals surface area contributed by atoms with E-state index < -0.39 is 10.0 Å². The zero-order chi connectivity index (χ0) is 18.6. The molecule has 0 aliphatic rings. The minimum Gasteiger partial charge on any atom is -0.497 e. The fraction of sp³-hybridized carbons (Fsp3) is 0.278. The summed E-state index contributed by atoms with van der Waals surface area (Å²) in [6.07, 6.45) is 0. The van der Waals surface area contributed by atoms with Crippen molar-refractivity contribution in [3.63, 3.8) is 0 Å². The number of rotatable bonds is 6. The Morgan fingerprint density at radius 3 is 2.48 bits per heavy atom. The molecule has 0 spiro atoms. The van der Waals surface area contributed by atoms with Gasteiger partial charge in [-0.2, -0.15) is 0 Å². The highest BCUT2D eigenvalue weighted by Crippen LogP contribution is 2.20. The van der Waals surface area contributed by atoms with E-state index in [9.17, 15) is 13.2 Å². The van der Waals surface area contributed by atoms with E-state index in [1.54, 1.807) is 58.2 Å². The number of carbonyl (C=O) groups excluding carboxylic acids is 1. The molecule has 0 fully saturated rings. The van der Waals surface area contributed by atoms with Crippen LogP contribution < -0.4 is 14.8 Å². The van der Waals surface area contributed by atoms with Gasteiger partial charge in [-0.05, 0) is 50.6 Å². The molecule has 134 valence electrons. The van der Waals surface area contributed by atoms with Crippen LogP contribution in [0.3, 0.4) is 0 Å². The Labute approximate surface area is 148 Å². The standard InChI is InChI=1S/C18H22N2O4S/c1-12(2)20-25(22,23)16-9-8-13(3)17(11-16)18(21)19-14-6-5-7-15(10-14)24-4/h5-12,20H,1-4H3,(H,19,21). The highest BCUT2D eigenvalue weighted by Gasteiger charge is 2.19. The lowest BCUT2D eigenvalue weighted by Crippen LogP contribution is -2.30. The maximum atomic E-state index is 12.6. The Balaban J connectivity index is 2.32. The fourth-order valence-electron chi connectivity index (χ4n) is 2.29. The number of methoxy groups -OCH3 is 1. The van der Waals surface area contributed by atoms with Crippen molar-refractivity contribution in [3.05, 3.63) is 53.6 Å². The van der Waals surface area contributed by atoms with Crippen LogP contribution >= 0.6 is 0 Å². The minimum atomic E-state index is -3.67. The Morgan fingerprint density at radius 1 is 1.12 bits per heavy atom. The molecule has 2 rings (SSSR count). The van der Waals surface area contributed by atoms with Gasteiger partial charge in [0, 0.05) is 23.4 Å². The predicted molar refractivity (Wildman–Crippen MR) is 97.6 cm³/mol. The molecule has 0 atom stereocenters. The number of anilines is 1. The van der Waals surface area contributed by atoms with Gasteiger partial charge in [-0.25, -0.2) is 13.1 Å². The highest BCUT2D eigenvalue weighted by molar-refractivity contribution is 7.89. The zero-order valence-corrected chi connectivity index (χ0v) is 15.5. The normalized spacial score (nSPS) is 11.4. The number of hydrogen-bond acceptors (Lipinski definition) is 4. The molecule has 0 unspecified atom stereocenters. The summed E-state index contributed by atoms with van der Waals surface area (Å²) in [6, 6.07) is 11.2. The summed E-state index contributed by atoms with van der Waals surface area (Å²) >= 11 is 0. The maximum absolute atomic E-state index is 12.6. The minimum absolute atomic E-state index is 0.0580. The lowest BCUT2D eigenvalue weighted by atomic mass is 10.1. The fourth-order valence-corrected chi connectivity index (χ4v) is 3.57. The second-order valence-electron chi connectivity index (χ2n) is 5.94. The van der Waals surface area contributed by atoms with Crippen LogP contribution in [0.4, 0.5) is 5.69 Å². The van der Waals surface area contributed by atoms with Crippen LogP contribution in [0.2, 0.25) is 0 Å². The second kappa shape index (κ2) is 7.67. The van der Waals surface area contributed by atoms with Crippen LogP contribution in [0, 0.1) is 6.92 Å². The SMILES string of the molecule is COc1cccc(NC(=O)c2cc(S(=O)(=O)NC(C)C)ccc2C)c1. The summed E-state index contributed by atoms with van der Waals surface area (Å²) < 4.78 is 32.3. The number of hydrogen-bond donors (Lipinski definition) is 2. The molecule has 0 aromatic heterocycles. The predicted octanol–water partition coefficient (Wildman–Crippen LogP) is 2.94. The third-order valence-corrected chi connectivity index (χ3v) is 5.14. The first kappa shape index (κ1) is 19.0. The van der Waals surface area contributed by atoms with Gasteiger partial charge in [0.2, 0.25) is 10.0 Å². The number of carbonyl (C=O) groups is 1. The summed E-state index contributed by atoms with van der Waals surface area (Å²) in [6.45, 7) is 5.23. The Bertz CT molecular complexity index is 876. The van der Waals surface area contributed by atoms with Gasteiger partial charge in [-0.1, -0.05) is 12.1 Å². The molecule has 0 bridgehead atoms. The molecule has 0 heterocycles. The first-order valence-corrected chi connectivity index (χ1v) is 9.29. The van der Waals surface area contributed by atoms with E-state index >= 15 is 0 Å². The summed E-state index contributed by atoms with van der Waals surface area (Å²) in [4.78, 5) is 12.6. The highest BCUT2D eigenvalue weighted by atomic mass is 32.2. The van der Waals surface area contributed by atoms with Crippen LogP contribution in [0.25, 0.3) is 0 Å². The van der Waals surface area contributed by atoms with Crippen LogP contribution in [-0.4, -0.2) is 27.5 Å². The van der Waals surface area contributed by atoms with Gasteiger partial charge in [0.15, 0.2) is 0 Å². The average molecular weight is 362 g/mol. The van der Waals surface area contributed by atoms with Crippen molar-refractivity contribution in [1.82, 2.24) is 4.72 Å². The molecule has 0 aliphatic carbocycles. The summed E-state index contributed by atoms with van der Waals surface area (Å²) in [7, 11) is -2.12. The summed E-state index contributed by atoms with van der Waals surface area (Å²) in [5.41, 5.74) is 1.55. The van der Waals surface area contributed by atoms with Gasteiger partial charge in [-0.15, -0.1) is 0 Å². The van der Waals surface area contributed by atoms with Gasteiger partial charge in [0.25, 0.3) is 5.91 Å². The van der Waals surface area contributed by atoms with Crippen LogP contribution in [0.1, 0.15) is 29.8 Å². The van der Waals surface area contributed by atoms with Gasteiger partial charge in [-0.3, -0.25) is 4.79 Å². The number of aryl methyl sites for hydroxylation is 1. The molecule has 0 saturated heterocycles. The van der Waals surface area contributed by atoms with Crippen molar-refractivity contribution in [1.29, 1.82) is 0 Å². The summed E-state index contributed by atoms with van der Waals surface area (Å²) in [5.74, 6) is 0.235. The van der Waals surface area contributed by atoms with Crippen LogP contribution in [0.5, 0.6) is 5.75 Å². The van der Waals surface area contributed by atoms with Crippen LogP contribution in [-0.2, 0) is 10.0 Å². The molecule has 0 radical (unpaired) electrons. The largest absolute Gasteiger partial charge is 0.497 e. The Morgan fingerprint density at radius 2 is 1.84 bits per heavy atom. The van der Waals surface area contributed by atoms with E-state index in [1.807, 2.05) is 0 Å². The molecule has 7 heteroatoms. The van der Waals surface area contributed by atoms with Gasteiger partial charge >= 0.3 is 0 Å². The first-order chi connectivity index (χ1) is 11.7. The van der Waals surface area contributed by atoms with Gasteiger partial charge in [0.1, 0.15) is 5.75 Å². The number of nitrogens with one attached hydrogen (secondary N) is 2. The van der Waals surface area contributed by atoms with E-state index in [-0.39, 0.29) is 16.8 Å². The van der Waals surface area contributed by atoms with Crippen molar-refractivity contribution in [3.8, 4) is 5.75 Å². The van der Waals surface area contributed by atoms with Crippen molar-refractivity contribution in [2.45, 2.75) is 31.7 Å². The molecule has 2 aromatic rings. The Hall–Kier alpha value is -2.38. The number of sulfonamides is 1. The van der Waals surface area contributed by atoms with E-state index in [1.165, 1.54) is 12.1 Å². The van der Waals surface area contributed by atoms with E-state index in [0.29, 0.717) is 22.6 Å². The van der Waals surface area contributed by atoms with Crippen molar-refractivity contribution in [2.75, 3.05) is 12.4 Å². The quantitative estimate of drug-likeness (QED) is 0.827. The lowest BCUT2D eigenvalue weighted by molar-refractivity contribution is 0.102. The van der Waals surface area contributed by atoms with Crippen molar-refractivity contribution < 1.29 is 17.9 Å². The molecule has 0 aliphatic heterocycles. The zero-order valence-electron chi connectivity index (χ0n) is 14.7. The monoisotopic (exact) mass is 362 g/mol. The van der Waals surface area contributed by atoms with E-state index in [2.05, 4.69) is 10.0 Å². The van der Waals surface area contributed by atoms with Crippen molar-refractivity contribution in [2.24, 2.45) is 0 Å². The molecule has 2 N–H and O–H groups in total. The molecule has 6 nitrogen and oxygen atoms in total. The molecular formula is C18H22N2O4S. The van der Waals surface area contributed by atoms with Crippen molar-refractivity contribution >= 4 is 21.6 Å². The molecule has 2 aromatic carbocycles. The van der Waals surface area contributed by atoms with Gasteiger partial charge in [0.05, 0.1) is 12.0 Å². The maximum Gasteiger partial charge on any atom is 0.255 e. The lowest BCUT2D eigenvalue weighted by Gasteiger charge is -2.13. The molecular weight excluding hydrogens is 340 g/mol. The smallest absolute Gasteiger partial charge is 0.255 e. The summed E-state index contributed by atoms with van der Waals surface area (Å²) in [5, 5.41) is 2.76. The molecule has 25 heavy (non-hydrogen) atoms. The second-order valence-corrected chi connectivity index (χ2v) is 7.65. The van der Waals surface area contributed by atoms with E-state index in [4.69, 9.17) is 4.74 Å². The number of ether oxygens (including phenoxy) is 1. The van der Waals surface area contributed by atoms with Gasteiger partial charge < -0.3 is 10.1 Å². The van der Waals surface area contributed by atoms with Crippen LogP contribution in [0.15, 0.2) is 47.4 Å². The average Bonchev–Trinajstić information content (AvgIpc) is 2.54. The molecule has 1 amide bonds. The molecule has 0 saturated carbocycles. The topological polar surface area (TPSA) is 84.5 Å². The Kier molecular flexibility index (Phi) is 5.81. The first-order valence-electron chi connectivity index (χ1n) is 7.81. The third-order valence-electron chi connectivity index (χ3n) is 3.48.